The van der Waals surface area contributed by atoms with Crippen LogP contribution in [0.1, 0.15) is 28.0 Å². The molecule has 138 valence electrons. The van der Waals surface area contributed by atoms with Crippen molar-refractivity contribution in [2.75, 3.05) is 33.5 Å². The number of likely N-dealkylation sites (N-methyl/N-ethyl adjacent to an activating group) is 1. The lowest BCUT2D eigenvalue weighted by Crippen LogP contribution is -2.29. The van der Waals surface area contributed by atoms with Crippen molar-refractivity contribution in [3.63, 3.8) is 0 Å². The van der Waals surface area contributed by atoms with Crippen LogP contribution in [-0.4, -0.2) is 58.7 Å². The minimum absolute atomic E-state index is 0.0921. The third kappa shape index (κ3) is 3.39. The van der Waals surface area contributed by atoms with E-state index in [0.29, 0.717) is 12.3 Å². The van der Waals surface area contributed by atoms with Crippen molar-refractivity contribution in [2.45, 2.75) is 19.4 Å². The van der Waals surface area contributed by atoms with Crippen molar-refractivity contribution < 1.29 is 14.3 Å². The number of carbonyl (C=O) groups is 1. The summed E-state index contributed by atoms with van der Waals surface area (Å²) in [5, 5.41) is 0. The average molecular weight is 356 g/mol. The van der Waals surface area contributed by atoms with Crippen molar-refractivity contribution in [3.8, 4) is 11.5 Å². The van der Waals surface area contributed by atoms with Gasteiger partial charge in [0, 0.05) is 44.9 Å². The SMILES string of the molecule is CN(CCCN1Cc2cc3c(cc2C1=O)OCO3)CCc1cn(C)cn1. The van der Waals surface area contributed by atoms with Gasteiger partial charge in [-0.05, 0) is 37.7 Å². The zero-order valence-corrected chi connectivity index (χ0v) is 15.3. The summed E-state index contributed by atoms with van der Waals surface area (Å²) in [6.45, 7) is 3.57. The minimum Gasteiger partial charge on any atom is -0.454 e. The number of hydrogen-bond acceptors (Lipinski definition) is 5. The van der Waals surface area contributed by atoms with Crippen molar-refractivity contribution >= 4 is 5.91 Å². The fourth-order valence-corrected chi connectivity index (χ4v) is 3.49. The van der Waals surface area contributed by atoms with Crippen LogP contribution >= 0.6 is 0 Å². The number of nitrogens with zero attached hydrogens (tertiary/aromatic N) is 4. The molecule has 0 N–H and O–H groups in total. The normalized spacial score (nSPS) is 15.2. The first-order chi connectivity index (χ1) is 12.6. The Labute approximate surface area is 153 Å². The van der Waals surface area contributed by atoms with Gasteiger partial charge in [0.2, 0.25) is 6.79 Å². The number of ether oxygens (including phenoxy) is 2. The topological polar surface area (TPSA) is 59.8 Å². The van der Waals surface area contributed by atoms with E-state index in [2.05, 4.69) is 23.1 Å². The molecule has 1 aromatic heterocycles. The number of aromatic nitrogens is 2. The summed E-state index contributed by atoms with van der Waals surface area (Å²) in [5.74, 6) is 1.51. The number of carbonyl (C=O) groups excluding carboxylic acids is 1. The molecule has 0 atom stereocenters. The largest absolute Gasteiger partial charge is 0.454 e. The molecule has 26 heavy (non-hydrogen) atoms. The molecule has 0 radical (unpaired) electrons. The van der Waals surface area contributed by atoms with E-state index >= 15 is 0 Å². The highest BCUT2D eigenvalue weighted by molar-refractivity contribution is 5.99. The van der Waals surface area contributed by atoms with Gasteiger partial charge in [-0.15, -0.1) is 0 Å². The predicted molar refractivity (Wildman–Crippen MR) is 96.3 cm³/mol. The van der Waals surface area contributed by atoms with Crippen LogP contribution in [0.4, 0.5) is 0 Å². The standard InChI is InChI=1S/C19H24N4O3/c1-21(7-4-15-11-22(2)12-20-15)5-3-6-23-10-14-8-17-18(26-13-25-17)9-16(14)19(23)24/h8-9,11-12H,3-7,10,13H2,1-2H3. The van der Waals surface area contributed by atoms with Crippen molar-refractivity contribution in [1.29, 1.82) is 0 Å². The molecule has 7 heteroatoms. The molecule has 0 fully saturated rings. The van der Waals surface area contributed by atoms with E-state index in [1.54, 1.807) is 0 Å². The van der Waals surface area contributed by atoms with E-state index < -0.39 is 0 Å². The van der Waals surface area contributed by atoms with Gasteiger partial charge in [-0.25, -0.2) is 4.98 Å². The lowest BCUT2D eigenvalue weighted by molar-refractivity contribution is 0.0771. The van der Waals surface area contributed by atoms with E-state index in [9.17, 15) is 4.79 Å². The molecule has 1 amide bonds. The Morgan fingerprint density at radius 2 is 2.04 bits per heavy atom. The molecular formula is C19H24N4O3. The average Bonchev–Trinajstić information content (AvgIpc) is 3.32. The summed E-state index contributed by atoms with van der Waals surface area (Å²) in [6, 6.07) is 3.76. The molecule has 2 aliphatic rings. The quantitative estimate of drug-likeness (QED) is 0.755. The minimum atomic E-state index is 0.0921. The maximum Gasteiger partial charge on any atom is 0.254 e. The Kier molecular flexibility index (Phi) is 4.55. The van der Waals surface area contributed by atoms with Crippen molar-refractivity contribution in [2.24, 2.45) is 7.05 Å². The van der Waals surface area contributed by atoms with Crippen LogP contribution in [0.5, 0.6) is 11.5 Å². The van der Waals surface area contributed by atoms with Crippen LogP contribution in [0, 0.1) is 0 Å². The molecule has 4 rings (SSSR count). The lowest BCUT2D eigenvalue weighted by atomic mass is 10.1. The van der Waals surface area contributed by atoms with E-state index in [1.165, 1.54) is 0 Å². The molecule has 1 aromatic carbocycles. The number of hydrogen-bond donors (Lipinski definition) is 0. The molecule has 2 aromatic rings. The predicted octanol–water partition coefficient (Wildman–Crippen LogP) is 1.67. The van der Waals surface area contributed by atoms with Crippen LogP contribution in [0.3, 0.4) is 0 Å². The second-order valence-corrected chi connectivity index (χ2v) is 7.03. The zero-order valence-electron chi connectivity index (χ0n) is 15.3. The van der Waals surface area contributed by atoms with Crippen molar-refractivity contribution in [1.82, 2.24) is 19.4 Å². The van der Waals surface area contributed by atoms with Gasteiger partial charge < -0.3 is 23.8 Å². The maximum atomic E-state index is 12.6. The Balaban J connectivity index is 1.24. The van der Waals surface area contributed by atoms with Crippen LogP contribution in [-0.2, 0) is 20.0 Å². The summed E-state index contributed by atoms with van der Waals surface area (Å²) in [4.78, 5) is 21.1. The Morgan fingerprint density at radius 1 is 1.23 bits per heavy atom. The summed E-state index contributed by atoms with van der Waals surface area (Å²) in [7, 11) is 4.10. The third-order valence-electron chi connectivity index (χ3n) is 4.95. The molecule has 3 heterocycles. The fourth-order valence-electron chi connectivity index (χ4n) is 3.49. The van der Waals surface area contributed by atoms with Crippen LogP contribution < -0.4 is 9.47 Å². The van der Waals surface area contributed by atoms with Gasteiger partial charge in [-0.2, -0.15) is 0 Å². The molecule has 7 nitrogen and oxygen atoms in total. The second kappa shape index (κ2) is 6.99. The first-order valence-corrected chi connectivity index (χ1v) is 8.97. The first kappa shape index (κ1) is 16.9. The Morgan fingerprint density at radius 3 is 2.81 bits per heavy atom. The van der Waals surface area contributed by atoms with Gasteiger partial charge in [0.15, 0.2) is 11.5 Å². The van der Waals surface area contributed by atoms with Gasteiger partial charge in [0.1, 0.15) is 0 Å². The zero-order chi connectivity index (χ0) is 18.1. The van der Waals surface area contributed by atoms with Gasteiger partial charge >= 0.3 is 0 Å². The Hall–Kier alpha value is -2.54. The highest BCUT2D eigenvalue weighted by Gasteiger charge is 2.30. The second-order valence-electron chi connectivity index (χ2n) is 7.03. The fraction of sp³-hybridized carbons (Fsp3) is 0.474. The third-order valence-corrected chi connectivity index (χ3v) is 4.95. The highest BCUT2D eigenvalue weighted by atomic mass is 16.7. The maximum absolute atomic E-state index is 12.6. The summed E-state index contributed by atoms with van der Waals surface area (Å²) in [5.41, 5.74) is 2.89. The monoisotopic (exact) mass is 356 g/mol. The molecule has 0 spiro atoms. The summed E-state index contributed by atoms with van der Waals surface area (Å²) < 4.78 is 12.8. The van der Waals surface area contributed by atoms with Gasteiger partial charge in [-0.1, -0.05) is 0 Å². The van der Waals surface area contributed by atoms with Gasteiger partial charge in [-0.3, -0.25) is 4.79 Å². The number of benzene rings is 1. The summed E-state index contributed by atoms with van der Waals surface area (Å²) in [6.07, 6.45) is 5.78. The van der Waals surface area contributed by atoms with Crippen molar-refractivity contribution in [3.05, 3.63) is 41.5 Å². The number of rotatable bonds is 7. The van der Waals surface area contributed by atoms with E-state index in [1.807, 2.05) is 35.0 Å². The van der Waals surface area contributed by atoms with E-state index in [4.69, 9.17) is 9.47 Å². The molecule has 0 unspecified atom stereocenters. The summed E-state index contributed by atoms with van der Waals surface area (Å²) >= 11 is 0. The van der Waals surface area contributed by atoms with Gasteiger partial charge in [0.25, 0.3) is 5.91 Å². The molecular weight excluding hydrogens is 332 g/mol. The number of amides is 1. The van der Waals surface area contributed by atoms with E-state index in [0.717, 1.165) is 55.0 Å². The van der Waals surface area contributed by atoms with E-state index in [-0.39, 0.29) is 12.7 Å². The lowest BCUT2D eigenvalue weighted by Gasteiger charge is -2.19. The van der Waals surface area contributed by atoms with Gasteiger partial charge in [0.05, 0.1) is 12.0 Å². The van der Waals surface area contributed by atoms with Crippen LogP contribution in [0.2, 0.25) is 0 Å². The molecule has 2 aliphatic heterocycles. The molecule has 0 saturated carbocycles. The molecule has 0 bridgehead atoms. The highest BCUT2D eigenvalue weighted by Crippen LogP contribution is 2.37. The number of fused-ring (bicyclic) bond motifs is 2. The first-order valence-electron chi connectivity index (χ1n) is 8.97. The number of aryl methyl sites for hydroxylation is 1. The molecule has 0 saturated heterocycles. The van der Waals surface area contributed by atoms with Crippen LogP contribution in [0.15, 0.2) is 24.7 Å². The Bertz CT molecular complexity index is 817. The molecule has 0 aliphatic carbocycles. The van der Waals surface area contributed by atoms with Crippen LogP contribution in [0.25, 0.3) is 0 Å². The number of imidazole rings is 1. The smallest absolute Gasteiger partial charge is 0.254 e.